The van der Waals surface area contributed by atoms with Crippen molar-refractivity contribution >= 4 is 11.8 Å². The minimum atomic E-state index is -0.124. The lowest BCUT2D eigenvalue weighted by molar-refractivity contribution is -0.142. The van der Waals surface area contributed by atoms with Crippen LogP contribution in [0.15, 0.2) is 48.5 Å². The van der Waals surface area contributed by atoms with Gasteiger partial charge in [-0.1, -0.05) is 48.0 Å². The van der Waals surface area contributed by atoms with Crippen LogP contribution in [0.5, 0.6) is 5.75 Å². The monoisotopic (exact) mass is 435 g/mol. The van der Waals surface area contributed by atoms with Gasteiger partial charge in [-0.2, -0.15) is 0 Å². The van der Waals surface area contributed by atoms with Crippen molar-refractivity contribution < 1.29 is 14.3 Å². The molecule has 6 heteroatoms. The molecule has 2 saturated heterocycles. The number of aryl methyl sites for hydroxylation is 2. The number of rotatable bonds is 6. The van der Waals surface area contributed by atoms with Crippen molar-refractivity contribution in [3.63, 3.8) is 0 Å². The van der Waals surface area contributed by atoms with Gasteiger partial charge < -0.3 is 14.5 Å². The zero-order chi connectivity index (χ0) is 22.5. The fourth-order valence-corrected chi connectivity index (χ4v) is 4.84. The summed E-state index contributed by atoms with van der Waals surface area (Å²) in [7, 11) is 1.66. The first-order valence-electron chi connectivity index (χ1n) is 11.5. The summed E-state index contributed by atoms with van der Waals surface area (Å²) in [6.45, 7) is 6.42. The number of hydrogen-bond acceptors (Lipinski definition) is 4. The van der Waals surface area contributed by atoms with Crippen LogP contribution < -0.4 is 4.74 Å². The fraction of sp³-hybridized carbons (Fsp3) is 0.462. The number of nitrogens with zero attached hydrogens (tertiary/aromatic N) is 3. The molecule has 0 saturated carbocycles. The quantitative estimate of drug-likeness (QED) is 0.700. The van der Waals surface area contributed by atoms with Crippen molar-refractivity contribution in [1.29, 1.82) is 0 Å². The summed E-state index contributed by atoms with van der Waals surface area (Å²) in [6.07, 6.45) is 1.82. The normalized spacial score (nSPS) is 19.4. The number of hydrogen-bond donors (Lipinski definition) is 0. The van der Waals surface area contributed by atoms with Crippen molar-refractivity contribution in [2.24, 2.45) is 0 Å². The third-order valence-corrected chi connectivity index (χ3v) is 6.63. The Balaban J connectivity index is 1.34. The molecule has 2 aliphatic rings. The van der Waals surface area contributed by atoms with Crippen molar-refractivity contribution in [3.8, 4) is 5.75 Å². The van der Waals surface area contributed by atoms with Gasteiger partial charge in [0.25, 0.3) is 0 Å². The molecule has 2 aromatic carbocycles. The molecule has 0 spiro atoms. The van der Waals surface area contributed by atoms with Gasteiger partial charge in [0.05, 0.1) is 13.2 Å². The number of para-hydroxylation sites is 1. The summed E-state index contributed by atoms with van der Waals surface area (Å²) >= 11 is 0. The van der Waals surface area contributed by atoms with Crippen molar-refractivity contribution in [2.75, 3.05) is 39.8 Å². The summed E-state index contributed by atoms with van der Waals surface area (Å²) in [5, 5.41) is 0. The van der Waals surface area contributed by atoms with Gasteiger partial charge in [-0.05, 0) is 37.0 Å². The van der Waals surface area contributed by atoms with E-state index in [0.29, 0.717) is 38.9 Å². The molecule has 0 aliphatic carbocycles. The molecule has 2 fully saturated rings. The van der Waals surface area contributed by atoms with Crippen LogP contribution in [0.25, 0.3) is 0 Å². The molecule has 6 nitrogen and oxygen atoms in total. The number of carbonyl (C=O) groups excluding carboxylic acids is 2. The van der Waals surface area contributed by atoms with Crippen molar-refractivity contribution in [3.05, 3.63) is 65.2 Å². The number of benzene rings is 2. The summed E-state index contributed by atoms with van der Waals surface area (Å²) in [5.74, 6) is 1.17. The molecular weight excluding hydrogens is 402 g/mol. The molecule has 2 heterocycles. The molecule has 32 heavy (non-hydrogen) atoms. The van der Waals surface area contributed by atoms with E-state index in [-0.39, 0.29) is 17.9 Å². The summed E-state index contributed by atoms with van der Waals surface area (Å²) in [4.78, 5) is 32.3. The molecule has 1 atom stereocenters. The van der Waals surface area contributed by atoms with Gasteiger partial charge in [0, 0.05) is 45.7 Å². The largest absolute Gasteiger partial charge is 0.496 e. The topological polar surface area (TPSA) is 53.1 Å². The van der Waals surface area contributed by atoms with E-state index in [1.54, 1.807) is 7.11 Å². The van der Waals surface area contributed by atoms with Gasteiger partial charge in [0.1, 0.15) is 5.75 Å². The van der Waals surface area contributed by atoms with E-state index in [1.165, 1.54) is 11.1 Å². The number of methoxy groups -OCH3 is 1. The lowest BCUT2D eigenvalue weighted by Crippen LogP contribution is -2.56. The molecule has 0 aromatic heterocycles. The number of carbonyl (C=O) groups is 2. The second kappa shape index (κ2) is 10.2. The van der Waals surface area contributed by atoms with Crippen LogP contribution in [0, 0.1) is 6.92 Å². The van der Waals surface area contributed by atoms with Crippen LogP contribution in [-0.4, -0.2) is 72.4 Å². The van der Waals surface area contributed by atoms with Crippen molar-refractivity contribution in [2.45, 2.75) is 38.8 Å². The van der Waals surface area contributed by atoms with Gasteiger partial charge in [-0.25, -0.2) is 0 Å². The second-order valence-corrected chi connectivity index (χ2v) is 8.78. The predicted molar refractivity (Wildman–Crippen MR) is 124 cm³/mol. The maximum Gasteiger partial charge on any atom is 0.240 e. The first-order valence-corrected chi connectivity index (χ1v) is 11.5. The number of amides is 2. The van der Waals surface area contributed by atoms with E-state index in [0.717, 1.165) is 30.9 Å². The number of piperazine rings is 1. The van der Waals surface area contributed by atoms with Crippen LogP contribution in [0.4, 0.5) is 0 Å². The summed E-state index contributed by atoms with van der Waals surface area (Å²) in [5.41, 5.74) is 3.44. The van der Waals surface area contributed by atoms with Crippen LogP contribution in [0.2, 0.25) is 0 Å². The average molecular weight is 436 g/mol. The van der Waals surface area contributed by atoms with Gasteiger partial charge in [-0.15, -0.1) is 0 Å². The maximum absolute atomic E-state index is 13.2. The Kier molecular flexibility index (Phi) is 7.10. The Labute approximate surface area is 190 Å². The highest BCUT2D eigenvalue weighted by atomic mass is 16.5. The van der Waals surface area contributed by atoms with Gasteiger partial charge in [-0.3, -0.25) is 14.5 Å². The van der Waals surface area contributed by atoms with E-state index in [2.05, 4.69) is 30.0 Å². The molecule has 4 rings (SSSR count). The van der Waals surface area contributed by atoms with E-state index in [1.807, 2.05) is 40.1 Å². The van der Waals surface area contributed by atoms with Gasteiger partial charge in [0.2, 0.25) is 11.8 Å². The van der Waals surface area contributed by atoms with Crippen molar-refractivity contribution in [1.82, 2.24) is 14.7 Å². The Morgan fingerprint density at radius 1 is 1.03 bits per heavy atom. The van der Waals surface area contributed by atoms with Crippen LogP contribution in [-0.2, 0) is 22.6 Å². The first-order chi connectivity index (χ1) is 15.5. The predicted octanol–water partition coefficient (Wildman–Crippen LogP) is 2.88. The standard InChI is InChI=1S/C26H33N3O3/c1-20-6-5-7-21(18-20)19-29-17-15-27-14-16-28(13-12-23(27)26(29)31)25(30)11-10-22-8-3-4-9-24(22)32-2/h3-9,18,23H,10-17,19H2,1-2H3. The summed E-state index contributed by atoms with van der Waals surface area (Å²) < 4.78 is 5.40. The smallest absolute Gasteiger partial charge is 0.240 e. The molecule has 0 radical (unpaired) electrons. The Bertz CT molecular complexity index is 961. The zero-order valence-corrected chi connectivity index (χ0v) is 19.1. The number of fused-ring (bicyclic) bond motifs is 1. The molecule has 0 N–H and O–H groups in total. The van der Waals surface area contributed by atoms with E-state index in [4.69, 9.17) is 4.74 Å². The molecule has 1 unspecified atom stereocenters. The molecule has 2 amide bonds. The van der Waals surface area contributed by atoms with E-state index >= 15 is 0 Å². The third-order valence-electron chi connectivity index (χ3n) is 6.63. The molecule has 2 aliphatic heterocycles. The first kappa shape index (κ1) is 22.3. The van der Waals surface area contributed by atoms with Gasteiger partial charge in [0.15, 0.2) is 0 Å². The maximum atomic E-state index is 13.2. The summed E-state index contributed by atoms with van der Waals surface area (Å²) in [6, 6.07) is 16.1. The van der Waals surface area contributed by atoms with Crippen LogP contribution in [0.1, 0.15) is 29.5 Å². The zero-order valence-electron chi connectivity index (χ0n) is 19.1. The van der Waals surface area contributed by atoms with E-state index in [9.17, 15) is 9.59 Å². The molecule has 0 bridgehead atoms. The minimum absolute atomic E-state index is 0.124. The Morgan fingerprint density at radius 2 is 1.84 bits per heavy atom. The molecule has 170 valence electrons. The number of ether oxygens (including phenoxy) is 1. The highest BCUT2D eigenvalue weighted by molar-refractivity contribution is 5.83. The lowest BCUT2D eigenvalue weighted by atomic mass is 10.1. The molecular formula is C26H33N3O3. The second-order valence-electron chi connectivity index (χ2n) is 8.78. The van der Waals surface area contributed by atoms with Crippen LogP contribution >= 0.6 is 0 Å². The van der Waals surface area contributed by atoms with E-state index < -0.39 is 0 Å². The average Bonchev–Trinajstić information content (AvgIpc) is 3.03. The Hall–Kier alpha value is -2.86. The minimum Gasteiger partial charge on any atom is -0.496 e. The lowest BCUT2D eigenvalue weighted by Gasteiger charge is -2.39. The highest BCUT2D eigenvalue weighted by Gasteiger charge is 2.37. The third kappa shape index (κ3) is 5.13. The SMILES string of the molecule is COc1ccccc1CCC(=O)N1CCC2C(=O)N(Cc3cccc(C)c3)CCN2CC1. The van der Waals surface area contributed by atoms with Gasteiger partial charge >= 0.3 is 0 Å². The Morgan fingerprint density at radius 3 is 2.66 bits per heavy atom. The van der Waals surface area contributed by atoms with Crippen LogP contribution in [0.3, 0.4) is 0 Å². The fourth-order valence-electron chi connectivity index (χ4n) is 4.84. The molecule has 2 aromatic rings. The highest BCUT2D eigenvalue weighted by Crippen LogP contribution is 2.22.